The van der Waals surface area contributed by atoms with Gasteiger partial charge in [0.05, 0.1) is 5.39 Å². The van der Waals surface area contributed by atoms with Crippen molar-refractivity contribution in [2.24, 2.45) is 0 Å². The molecule has 0 saturated carbocycles. The van der Waals surface area contributed by atoms with Crippen LogP contribution < -0.4 is 16.3 Å². The standard InChI is InChI=1S/C21H17N5O6/c1-21(12-7-3-2-4-8-12)19(31)26(20(32)22-21)23-15(27)11-25-17(28)14-10-6-5-9-13(14)16(24-25)18(29)30/h2-10H,11H2,1H3,(H,22,32)(H,23,27)(H,29,30)/t21-/m0/s1. The Labute approximate surface area is 180 Å². The van der Waals surface area contributed by atoms with Crippen LogP contribution in [-0.4, -0.2) is 43.7 Å². The summed E-state index contributed by atoms with van der Waals surface area (Å²) in [5.74, 6) is -3.00. The molecule has 32 heavy (non-hydrogen) atoms. The number of carboxylic acid groups (broad SMARTS) is 1. The van der Waals surface area contributed by atoms with Crippen molar-refractivity contribution < 1.29 is 24.3 Å². The molecule has 1 atom stereocenters. The van der Waals surface area contributed by atoms with Crippen LogP contribution in [0.3, 0.4) is 0 Å². The van der Waals surface area contributed by atoms with Crippen LogP contribution in [0.5, 0.6) is 0 Å². The number of hydrazine groups is 1. The molecule has 1 aliphatic heterocycles. The maximum atomic E-state index is 12.9. The van der Waals surface area contributed by atoms with Gasteiger partial charge in [-0.05, 0) is 18.6 Å². The first-order chi connectivity index (χ1) is 15.2. The highest BCUT2D eigenvalue weighted by Gasteiger charge is 2.50. The van der Waals surface area contributed by atoms with E-state index in [0.29, 0.717) is 15.3 Å². The quantitative estimate of drug-likeness (QED) is 0.496. The normalized spacial score (nSPS) is 18.0. The Morgan fingerprint density at radius 3 is 2.31 bits per heavy atom. The number of carboxylic acids is 1. The monoisotopic (exact) mass is 435 g/mol. The number of benzene rings is 2. The van der Waals surface area contributed by atoms with Crippen LogP contribution in [0.4, 0.5) is 4.79 Å². The summed E-state index contributed by atoms with van der Waals surface area (Å²) in [7, 11) is 0. The Kier molecular flexibility index (Phi) is 4.93. The minimum atomic E-state index is -1.39. The van der Waals surface area contributed by atoms with E-state index >= 15 is 0 Å². The van der Waals surface area contributed by atoms with Crippen molar-refractivity contribution in [3.05, 3.63) is 76.2 Å². The Morgan fingerprint density at radius 1 is 1.03 bits per heavy atom. The lowest BCUT2D eigenvalue weighted by atomic mass is 9.92. The molecule has 2 heterocycles. The number of carbonyl (C=O) groups excluding carboxylic acids is 3. The first-order valence-corrected chi connectivity index (χ1v) is 9.47. The molecule has 11 heteroatoms. The van der Waals surface area contributed by atoms with Gasteiger partial charge in [0.15, 0.2) is 5.69 Å². The van der Waals surface area contributed by atoms with E-state index in [9.17, 15) is 29.1 Å². The smallest absolute Gasteiger partial charge is 0.357 e. The maximum absolute atomic E-state index is 12.9. The van der Waals surface area contributed by atoms with E-state index in [-0.39, 0.29) is 10.8 Å². The number of nitrogens with zero attached hydrogens (tertiary/aromatic N) is 3. The number of hydrogen-bond acceptors (Lipinski definition) is 6. The average Bonchev–Trinajstić information content (AvgIpc) is 3.00. The summed E-state index contributed by atoms with van der Waals surface area (Å²) in [6, 6.07) is 13.6. The van der Waals surface area contributed by atoms with Crippen LogP contribution >= 0.6 is 0 Å². The number of aromatic nitrogens is 2. The first-order valence-electron chi connectivity index (χ1n) is 9.47. The van der Waals surface area contributed by atoms with Gasteiger partial charge in [0.2, 0.25) is 0 Å². The minimum absolute atomic E-state index is 0.0688. The molecule has 3 N–H and O–H groups in total. The zero-order valence-corrected chi connectivity index (χ0v) is 16.7. The second-order valence-corrected chi connectivity index (χ2v) is 7.26. The van der Waals surface area contributed by atoms with Gasteiger partial charge in [-0.1, -0.05) is 48.5 Å². The van der Waals surface area contributed by atoms with Crippen LogP contribution in [0, 0.1) is 0 Å². The van der Waals surface area contributed by atoms with Crippen LogP contribution in [0.15, 0.2) is 59.4 Å². The molecule has 162 valence electrons. The molecule has 2 aromatic carbocycles. The Hall–Kier alpha value is -4.54. The van der Waals surface area contributed by atoms with Crippen LogP contribution in [0.2, 0.25) is 0 Å². The summed E-state index contributed by atoms with van der Waals surface area (Å²) in [6.07, 6.45) is 0. The largest absolute Gasteiger partial charge is 0.476 e. The number of amides is 4. The number of nitrogens with one attached hydrogen (secondary N) is 2. The van der Waals surface area contributed by atoms with Gasteiger partial charge in [-0.15, -0.1) is 0 Å². The number of urea groups is 1. The lowest BCUT2D eigenvalue weighted by Crippen LogP contribution is -2.49. The molecule has 1 saturated heterocycles. The lowest BCUT2D eigenvalue weighted by Gasteiger charge is -2.22. The van der Waals surface area contributed by atoms with E-state index in [1.54, 1.807) is 42.5 Å². The fourth-order valence-corrected chi connectivity index (χ4v) is 3.50. The van der Waals surface area contributed by atoms with Crippen molar-refractivity contribution in [2.75, 3.05) is 0 Å². The lowest BCUT2D eigenvalue weighted by molar-refractivity contribution is -0.139. The van der Waals surface area contributed by atoms with Gasteiger partial charge in [-0.3, -0.25) is 19.8 Å². The number of hydrogen-bond donors (Lipinski definition) is 3. The SMILES string of the molecule is C[C@@]1(c2ccccc2)NC(=O)N(NC(=O)Cn2nc(C(=O)O)c3ccccc3c2=O)C1=O. The molecule has 11 nitrogen and oxygen atoms in total. The van der Waals surface area contributed by atoms with Gasteiger partial charge in [0, 0.05) is 5.39 Å². The third kappa shape index (κ3) is 3.35. The van der Waals surface area contributed by atoms with E-state index in [0.717, 1.165) is 0 Å². The van der Waals surface area contributed by atoms with Gasteiger partial charge >= 0.3 is 12.0 Å². The van der Waals surface area contributed by atoms with Gasteiger partial charge in [-0.25, -0.2) is 14.3 Å². The fourth-order valence-electron chi connectivity index (χ4n) is 3.50. The molecule has 0 unspecified atom stereocenters. The Morgan fingerprint density at radius 2 is 1.66 bits per heavy atom. The predicted molar refractivity (Wildman–Crippen MR) is 110 cm³/mol. The summed E-state index contributed by atoms with van der Waals surface area (Å²) >= 11 is 0. The van der Waals surface area contributed by atoms with Crippen molar-refractivity contribution in [3.63, 3.8) is 0 Å². The fraction of sp³-hybridized carbons (Fsp3) is 0.143. The molecule has 4 rings (SSSR count). The topological polar surface area (TPSA) is 151 Å². The summed E-state index contributed by atoms with van der Waals surface area (Å²) in [4.78, 5) is 62.0. The molecule has 1 aromatic heterocycles. The number of carbonyl (C=O) groups is 4. The molecule has 3 aromatic rings. The highest BCUT2D eigenvalue weighted by atomic mass is 16.4. The van der Waals surface area contributed by atoms with Gasteiger partial charge in [0.25, 0.3) is 17.4 Å². The highest BCUT2D eigenvalue weighted by molar-refractivity contribution is 6.08. The van der Waals surface area contributed by atoms with E-state index in [4.69, 9.17) is 0 Å². The zero-order chi connectivity index (χ0) is 23.0. The van der Waals surface area contributed by atoms with Crippen molar-refractivity contribution in [1.82, 2.24) is 25.5 Å². The molecule has 0 spiro atoms. The number of imide groups is 1. The number of rotatable bonds is 5. The molecule has 0 aliphatic carbocycles. The maximum Gasteiger partial charge on any atom is 0.357 e. The molecule has 0 bridgehead atoms. The molecular formula is C21H17N5O6. The van der Waals surface area contributed by atoms with Crippen molar-refractivity contribution in [3.8, 4) is 0 Å². The van der Waals surface area contributed by atoms with Crippen molar-refractivity contribution >= 4 is 34.6 Å². The van der Waals surface area contributed by atoms with Crippen LogP contribution in [0.25, 0.3) is 10.8 Å². The molecule has 0 radical (unpaired) electrons. The minimum Gasteiger partial charge on any atom is -0.476 e. The summed E-state index contributed by atoms with van der Waals surface area (Å²) < 4.78 is 0.677. The predicted octanol–water partition coefficient (Wildman–Crippen LogP) is 0.593. The third-order valence-electron chi connectivity index (χ3n) is 5.14. The average molecular weight is 435 g/mol. The first kappa shape index (κ1) is 20.7. The van der Waals surface area contributed by atoms with Crippen molar-refractivity contribution in [2.45, 2.75) is 19.0 Å². The van der Waals surface area contributed by atoms with Crippen molar-refractivity contribution in [1.29, 1.82) is 0 Å². The van der Waals surface area contributed by atoms with Gasteiger partial charge < -0.3 is 10.4 Å². The van der Waals surface area contributed by atoms with E-state index in [2.05, 4.69) is 15.8 Å². The number of aromatic carboxylic acids is 1. The van der Waals surface area contributed by atoms with E-state index < -0.39 is 47.2 Å². The van der Waals surface area contributed by atoms with E-state index in [1.165, 1.54) is 19.1 Å². The Bertz CT molecular complexity index is 1340. The van der Waals surface area contributed by atoms with Crippen LogP contribution in [-0.2, 0) is 21.7 Å². The molecular weight excluding hydrogens is 418 g/mol. The summed E-state index contributed by atoms with van der Waals surface area (Å²) in [5.41, 5.74) is 0.204. The summed E-state index contributed by atoms with van der Waals surface area (Å²) in [6.45, 7) is 0.798. The van der Waals surface area contributed by atoms with Gasteiger partial charge in [-0.2, -0.15) is 10.1 Å². The zero-order valence-electron chi connectivity index (χ0n) is 16.7. The highest BCUT2D eigenvalue weighted by Crippen LogP contribution is 2.27. The second kappa shape index (κ2) is 7.61. The molecule has 1 aliphatic rings. The van der Waals surface area contributed by atoms with Crippen LogP contribution in [0.1, 0.15) is 23.0 Å². The number of fused-ring (bicyclic) bond motifs is 1. The third-order valence-corrected chi connectivity index (χ3v) is 5.14. The summed E-state index contributed by atoms with van der Waals surface area (Å²) in [5, 5.41) is 16.4. The second-order valence-electron chi connectivity index (χ2n) is 7.26. The Balaban J connectivity index is 1.60. The molecule has 4 amide bonds. The van der Waals surface area contributed by atoms with Gasteiger partial charge in [0.1, 0.15) is 12.1 Å². The van der Waals surface area contributed by atoms with E-state index in [1.807, 2.05) is 0 Å². The molecule has 1 fully saturated rings.